The number of nitrogens with zero attached hydrogens (tertiary/aromatic N) is 1. The highest BCUT2D eigenvalue weighted by Crippen LogP contribution is 2.38. The summed E-state index contributed by atoms with van der Waals surface area (Å²) in [5, 5.41) is 10.2. The minimum Gasteiger partial charge on any atom is -0.476 e. The fourth-order valence-electron chi connectivity index (χ4n) is 1.04. The van der Waals surface area contributed by atoms with Crippen molar-refractivity contribution in [1.29, 1.82) is 0 Å². The predicted molar refractivity (Wildman–Crippen MR) is 68.5 cm³/mol. The van der Waals surface area contributed by atoms with Crippen LogP contribution in [0.3, 0.4) is 0 Å². The molecule has 0 aromatic carbocycles. The molecule has 0 radical (unpaired) electrons. The topological polar surface area (TPSA) is 88.5 Å². The van der Waals surface area contributed by atoms with Gasteiger partial charge in [-0.2, -0.15) is 8.78 Å². The normalized spacial score (nSPS) is 12.1. The molecule has 0 aliphatic heterocycles. The lowest BCUT2D eigenvalue weighted by Crippen LogP contribution is -2.28. The minimum absolute atomic E-state index is 0.278. The van der Waals surface area contributed by atoms with Gasteiger partial charge in [-0.05, 0) is 20.8 Å². The molecule has 0 saturated carbocycles. The summed E-state index contributed by atoms with van der Waals surface area (Å²) in [5.41, 5.74) is -1.90. The first kappa shape index (κ1) is 16.6. The number of rotatable bonds is 3. The van der Waals surface area contributed by atoms with E-state index in [0.29, 0.717) is 11.3 Å². The van der Waals surface area contributed by atoms with Gasteiger partial charge < -0.3 is 9.84 Å². The minimum atomic E-state index is -4.23. The number of hydrogen-bond donors (Lipinski definition) is 2. The quantitative estimate of drug-likeness (QED) is 0.888. The summed E-state index contributed by atoms with van der Waals surface area (Å²) in [4.78, 5) is 25.2. The standard InChI is InChI=1S/C10H11ClF2N2O4S/c1-9(2,3)19-8(18)15-7-14-4(5(11)20-7)10(12,13)6(16)17/h1-3H3,(H,16,17)(H,14,15,18). The zero-order valence-electron chi connectivity index (χ0n) is 10.7. The molecule has 0 fully saturated rings. The van der Waals surface area contributed by atoms with Gasteiger partial charge in [-0.1, -0.05) is 22.9 Å². The van der Waals surface area contributed by atoms with Crippen LogP contribution in [-0.2, 0) is 15.5 Å². The Balaban J connectivity index is 2.91. The number of thiazole rings is 1. The Morgan fingerprint density at radius 2 is 1.95 bits per heavy atom. The van der Waals surface area contributed by atoms with Gasteiger partial charge in [0.25, 0.3) is 0 Å². The molecule has 1 rings (SSSR count). The van der Waals surface area contributed by atoms with Gasteiger partial charge in [0.2, 0.25) is 0 Å². The highest BCUT2D eigenvalue weighted by molar-refractivity contribution is 7.19. The third kappa shape index (κ3) is 4.01. The van der Waals surface area contributed by atoms with Crippen molar-refractivity contribution >= 4 is 40.1 Å². The molecule has 1 heterocycles. The van der Waals surface area contributed by atoms with E-state index in [1.165, 1.54) is 0 Å². The number of hydrogen-bond acceptors (Lipinski definition) is 5. The first-order chi connectivity index (χ1) is 8.93. The van der Waals surface area contributed by atoms with E-state index in [0.717, 1.165) is 0 Å². The molecule has 20 heavy (non-hydrogen) atoms. The first-order valence-corrected chi connectivity index (χ1v) is 6.41. The van der Waals surface area contributed by atoms with Crippen LogP contribution in [0.2, 0.25) is 4.34 Å². The van der Waals surface area contributed by atoms with Crippen LogP contribution in [0, 0.1) is 0 Å². The number of carboxylic acids is 1. The van der Waals surface area contributed by atoms with Crippen LogP contribution in [0.4, 0.5) is 18.7 Å². The van der Waals surface area contributed by atoms with Crippen LogP contribution in [0.5, 0.6) is 0 Å². The van der Waals surface area contributed by atoms with Crippen molar-refractivity contribution in [1.82, 2.24) is 4.98 Å². The van der Waals surface area contributed by atoms with E-state index in [2.05, 4.69) is 10.3 Å². The van der Waals surface area contributed by atoms with Crippen LogP contribution in [-0.4, -0.2) is 27.8 Å². The lowest BCUT2D eigenvalue weighted by atomic mass is 10.2. The van der Waals surface area contributed by atoms with Crippen molar-refractivity contribution in [2.24, 2.45) is 0 Å². The molecular weight excluding hydrogens is 318 g/mol. The average Bonchev–Trinajstić information content (AvgIpc) is 2.56. The molecule has 1 amide bonds. The number of carbonyl (C=O) groups excluding carboxylic acids is 1. The molecule has 0 aliphatic carbocycles. The van der Waals surface area contributed by atoms with Crippen LogP contribution in [0.1, 0.15) is 26.5 Å². The molecule has 1 aromatic rings. The number of alkyl halides is 2. The second-order valence-electron chi connectivity index (χ2n) is 4.65. The number of ether oxygens (including phenoxy) is 1. The number of halogens is 3. The number of carbonyl (C=O) groups is 2. The zero-order valence-corrected chi connectivity index (χ0v) is 12.2. The van der Waals surface area contributed by atoms with Crippen LogP contribution in [0.15, 0.2) is 0 Å². The molecule has 0 spiro atoms. The lowest BCUT2D eigenvalue weighted by molar-refractivity contribution is -0.166. The van der Waals surface area contributed by atoms with Crippen molar-refractivity contribution in [2.75, 3.05) is 5.32 Å². The number of anilines is 1. The Hall–Kier alpha value is -1.48. The summed E-state index contributed by atoms with van der Waals surface area (Å²) in [7, 11) is 0. The Kier molecular flexibility index (Phi) is 4.55. The number of carboxylic acid groups (broad SMARTS) is 1. The predicted octanol–water partition coefficient (Wildman–Crippen LogP) is 3.32. The molecule has 6 nitrogen and oxygen atoms in total. The van der Waals surface area contributed by atoms with Gasteiger partial charge in [0, 0.05) is 0 Å². The number of aromatic nitrogens is 1. The van der Waals surface area contributed by atoms with Gasteiger partial charge >= 0.3 is 18.0 Å². The zero-order chi connectivity index (χ0) is 15.7. The van der Waals surface area contributed by atoms with Crippen molar-refractivity contribution in [3.8, 4) is 0 Å². The Morgan fingerprint density at radius 3 is 2.40 bits per heavy atom. The largest absolute Gasteiger partial charge is 0.476 e. The van der Waals surface area contributed by atoms with Gasteiger partial charge in [0.1, 0.15) is 9.94 Å². The second kappa shape index (κ2) is 5.49. The maximum absolute atomic E-state index is 13.3. The van der Waals surface area contributed by atoms with Gasteiger partial charge in [0.15, 0.2) is 10.8 Å². The third-order valence-electron chi connectivity index (χ3n) is 1.76. The number of nitrogens with one attached hydrogen (secondary N) is 1. The van der Waals surface area contributed by atoms with Gasteiger partial charge in [-0.15, -0.1) is 0 Å². The van der Waals surface area contributed by atoms with Crippen LogP contribution in [0.25, 0.3) is 0 Å². The van der Waals surface area contributed by atoms with Crippen molar-refractivity contribution in [3.63, 3.8) is 0 Å². The summed E-state index contributed by atoms with van der Waals surface area (Å²) in [5.74, 6) is -6.62. The average molecular weight is 329 g/mol. The van der Waals surface area contributed by atoms with E-state index in [1.54, 1.807) is 20.8 Å². The smallest absolute Gasteiger partial charge is 0.413 e. The summed E-state index contributed by atoms with van der Waals surface area (Å²) in [6.07, 6.45) is -0.909. The Labute approximate surface area is 121 Å². The number of aliphatic carboxylic acids is 1. The first-order valence-electron chi connectivity index (χ1n) is 5.21. The SMILES string of the molecule is CC(C)(C)OC(=O)Nc1nc(C(F)(F)C(=O)O)c(Cl)s1. The molecule has 0 aliphatic rings. The highest BCUT2D eigenvalue weighted by Gasteiger charge is 2.46. The maximum Gasteiger partial charge on any atom is 0.413 e. The summed E-state index contributed by atoms with van der Waals surface area (Å²) in [6, 6.07) is 0. The van der Waals surface area contributed by atoms with Crippen LogP contribution >= 0.6 is 22.9 Å². The lowest BCUT2D eigenvalue weighted by Gasteiger charge is -2.18. The summed E-state index contributed by atoms with van der Waals surface area (Å²) in [6.45, 7) is 4.85. The molecule has 2 N–H and O–H groups in total. The van der Waals surface area contributed by atoms with E-state index in [-0.39, 0.29) is 5.13 Å². The van der Waals surface area contributed by atoms with E-state index in [1.807, 2.05) is 0 Å². The molecule has 10 heteroatoms. The van der Waals surface area contributed by atoms with E-state index < -0.39 is 33.6 Å². The second-order valence-corrected chi connectivity index (χ2v) is 6.25. The number of amides is 1. The summed E-state index contributed by atoms with van der Waals surface area (Å²) < 4.78 is 30.9. The highest BCUT2D eigenvalue weighted by atomic mass is 35.5. The Bertz CT molecular complexity index is 542. The molecule has 0 unspecified atom stereocenters. The Morgan fingerprint density at radius 1 is 1.40 bits per heavy atom. The van der Waals surface area contributed by atoms with E-state index >= 15 is 0 Å². The monoisotopic (exact) mass is 328 g/mol. The maximum atomic E-state index is 13.3. The molecule has 0 atom stereocenters. The molecule has 112 valence electrons. The van der Waals surface area contributed by atoms with E-state index in [4.69, 9.17) is 21.4 Å². The van der Waals surface area contributed by atoms with Gasteiger partial charge in [-0.25, -0.2) is 14.6 Å². The molecule has 1 aromatic heterocycles. The fraction of sp³-hybridized carbons (Fsp3) is 0.500. The summed E-state index contributed by atoms with van der Waals surface area (Å²) >= 11 is 6.02. The molecular formula is C10H11ClF2N2O4S. The van der Waals surface area contributed by atoms with Crippen LogP contribution < -0.4 is 5.32 Å². The van der Waals surface area contributed by atoms with Gasteiger partial charge in [0.05, 0.1) is 0 Å². The van der Waals surface area contributed by atoms with Crippen molar-refractivity contribution in [3.05, 3.63) is 10.0 Å². The van der Waals surface area contributed by atoms with E-state index in [9.17, 15) is 18.4 Å². The van der Waals surface area contributed by atoms with Gasteiger partial charge in [-0.3, -0.25) is 5.32 Å². The molecule has 0 saturated heterocycles. The van der Waals surface area contributed by atoms with Crippen molar-refractivity contribution < 1.29 is 28.2 Å². The fourth-order valence-corrected chi connectivity index (χ4v) is 2.13. The van der Waals surface area contributed by atoms with Crippen molar-refractivity contribution in [2.45, 2.75) is 32.3 Å². The third-order valence-corrected chi connectivity index (χ3v) is 2.93. The molecule has 0 bridgehead atoms.